The van der Waals surface area contributed by atoms with E-state index in [4.69, 9.17) is 11.6 Å². The third-order valence-electron chi connectivity index (χ3n) is 3.08. The molecule has 0 bridgehead atoms. The summed E-state index contributed by atoms with van der Waals surface area (Å²) < 4.78 is 0. The summed E-state index contributed by atoms with van der Waals surface area (Å²) in [5, 5.41) is 2.21. The molecule has 0 unspecified atom stereocenters. The molecule has 1 heterocycles. The van der Waals surface area contributed by atoms with Crippen LogP contribution in [0.1, 0.15) is 11.1 Å². The highest BCUT2D eigenvalue weighted by Gasteiger charge is 2.09. The number of halogens is 1. The average Bonchev–Trinajstić information content (AvgIpc) is 2.41. The molecule has 0 spiro atoms. The van der Waals surface area contributed by atoms with Gasteiger partial charge in [0.25, 0.3) is 0 Å². The standard InChI is InChI=1S/C16H13ClN2S/c1-10-7-8-14(11(2)9-10)20-15-12-5-3-4-6-13(12)18-16(17)19-15/h3-9H,1-2H3. The maximum absolute atomic E-state index is 6.02. The molecule has 20 heavy (non-hydrogen) atoms. The lowest BCUT2D eigenvalue weighted by Gasteiger charge is -2.08. The molecule has 3 aromatic rings. The second-order valence-electron chi connectivity index (χ2n) is 4.69. The largest absolute Gasteiger partial charge is 0.224 e. The molecule has 0 atom stereocenters. The van der Waals surface area contributed by atoms with Crippen molar-refractivity contribution >= 4 is 34.3 Å². The normalized spacial score (nSPS) is 10.9. The third kappa shape index (κ3) is 2.65. The molecule has 1 aromatic heterocycles. The van der Waals surface area contributed by atoms with Gasteiger partial charge in [-0.2, -0.15) is 0 Å². The van der Waals surface area contributed by atoms with Gasteiger partial charge in [0.15, 0.2) is 0 Å². The number of para-hydroxylation sites is 1. The fourth-order valence-corrected chi connectivity index (χ4v) is 3.32. The molecule has 0 saturated carbocycles. The van der Waals surface area contributed by atoms with Crippen molar-refractivity contribution in [3.8, 4) is 0 Å². The van der Waals surface area contributed by atoms with Crippen LogP contribution < -0.4 is 0 Å². The summed E-state index contributed by atoms with van der Waals surface area (Å²) >= 11 is 7.65. The second-order valence-corrected chi connectivity index (χ2v) is 6.05. The van der Waals surface area contributed by atoms with E-state index in [9.17, 15) is 0 Å². The Morgan fingerprint density at radius 1 is 1.00 bits per heavy atom. The van der Waals surface area contributed by atoms with E-state index in [1.807, 2.05) is 24.3 Å². The van der Waals surface area contributed by atoms with Crippen LogP contribution in [-0.2, 0) is 0 Å². The van der Waals surface area contributed by atoms with Gasteiger partial charge in [-0.1, -0.05) is 47.7 Å². The molecule has 0 N–H and O–H groups in total. The molecular formula is C16H13ClN2S. The number of hydrogen-bond donors (Lipinski definition) is 0. The molecule has 0 aliphatic rings. The summed E-state index contributed by atoms with van der Waals surface area (Å²) in [7, 11) is 0. The average molecular weight is 301 g/mol. The van der Waals surface area contributed by atoms with Crippen LogP contribution in [0.25, 0.3) is 10.9 Å². The Bertz CT molecular complexity index is 787. The van der Waals surface area contributed by atoms with Gasteiger partial charge in [-0.05, 0) is 43.1 Å². The molecule has 0 amide bonds. The minimum atomic E-state index is 0.288. The Labute approximate surface area is 127 Å². The number of nitrogens with zero attached hydrogens (tertiary/aromatic N) is 2. The minimum absolute atomic E-state index is 0.288. The van der Waals surface area contributed by atoms with Crippen LogP contribution in [0.4, 0.5) is 0 Å². The maximum atomic E-state index is 6.02. The summed E-state index contributed by atoms with van der Waals surface area (Å²) in [4.78, 5) is 9.82. The Balaban J connectivity index is 2.10. The van der Waals surface area contributed by atoms with Crippen molar-refractivity contribution < 1.29 is 0 Å². The van der Waals surface area contributed by atoms with E-state index >= 15 is 0 Å². The summed E-state index contributed by atoms with van der Waals surface area (Å²) in [6.07, 6.45) is 0. The lowest BCUT2D eigenvalue weighted by atomic mass is 10.2. The minimum Gasteiger partial charge on any atom is -0.218 e. The smallest absolute Gasteiger partial charge is 0.218 e. The van der Waals surface area contributed by atoms with Gasteiger partial charge in [0.05, 0.1) is 5.52 Å². The van der Waals surface area contributed by atoms with E-state index in [-0.39, 0.29) is 5.28 Å². The number of benzene rings is 2. The highest BCUT2D eigenvalue weighted by Crippen LogP contribution is 2.34. The van der Waals surface area contributed by atoms with Crippen molar-refractivity contribution in [2.45, 2.75) is 23.8 Å². The van der Waals surface area contributed by atoms with Crippen LogP contribution >= 0.6 is 23.4 Å². The first-order valence-electron chi connectivity index (χ1n) is 6.31. The predicted octanol–water partition coefficient (Wildman–Crippen LogP) is 5.05. The predicted molar refractivity (Wildman–Crippen MR) is 84.6 cm³/mol. The monoisotopic (exact) mass is 300 g/mol. The fourth-order valence-electron chi connectivity index (χ4n) is 2.12. The van der Waals surface area contributed by atoms with Gasteiger partial charge in [-0.15, -0.1) is 0 Å². The molecule has 0 saturated heterocycles. The Morgan fingerprint density at radius 3 is 2.60 bits per heavy atom. The van der Waals surface area contributed by atoms with Crippen LogP contribution in [0.15, 0.2) is 52.4 Å². The molecule has 0 aliphatic heterocycles. The number of rotatable bonds is 2. The summed E-state index contributed by atoms with van der Waals surface area (Å²) in [5.41, 5.74) is 3.38. The van der Waals surface area contributed by atoms with Gasteiger partial charge < -0.3 is 0 Å². The fraction of sp³-hybridized carbons (Fsp3) is 0.125. The van der Waals surface area contributed by atoms with E-state index in [0.717, 1.165) is 15.9 Å². The van der Waals surface area contributed by atoms with Crippen LogP contribution in [0.3, 0.4) is 0 Å². The topological polar surface area (TPSA) is 25.8 Å². The number of aromatic nitrogens is 2. The van der Waals surface area contributed by atoms with Crippen LogP contribution in [0, 0.1) is 13.8 Å². The summed E-state index contributed by atoms with van der Waals surface area (Å²) in [5.74, 6) is 0. The molecule has 3 rings (SSSR count). The van der Waals surface area contributed by atoms with Crippen molar-refractivity contribution in [3.05, 3.63) is 58.9 Å². The van der Waals surface area contributed by atoms with Crippen molar-refractivity contribution in [3.63, 3.8) is 0 Å². The zero-order valence-electron chi connectivity index (χ0n) is 11.2. The second kappa shape index (κ2) is 5.43. The Hall–Kier alpha value is -1.58. The van der Waals surface area contributed by atoms with E-state index in [1.165, 1.54) is 16.0 Å². The lowest BCUT2D eigenvalue weighted by molar-refractivity contribution is 1.10. The van der Waals surface area contributed by atoms with Crippen LogP contribution in [-0.4, -0.2) is 9.97 Å². The quantitative estimate of drug-likeness (QED) is 0.489. The molecule has 0 aliphatic carbocycles. The van der Waals surface area contributed by atoms with Crippen molar-refractivity contribution in [1.82, 2.24) is 9.97 Å². The van der Waals surface area contributed by atoms with Crippen LogP contribution in [0.2, 0.25) is 5.28 Å². The zero-order valence-corrected chi connectivity index (χ0v) is 12.8. The molecule has 0 fully saturated rings. The van der Waals surface area contributed by atoms with Crippen LogP contribution in [0.5, 0.6) is 0 Å². The van der Waals surface area contributed by atoms with E-state index < -0.39 is 0 Å². The molecule has 0 radical (unpaired) electrons. The summed E-state index contributed by atoms with van der Waals surface area (Å²) in [6.45, 7) is 4.21. The number of aryl methyl sites for hydroxylation is 2. The first-order chi connectivity index (χ1) is 9.63. The van der Waals surface area contributed by atoms with Crippen molar-refractivity contribution in [2.75, 3.05) is 0 Å². The lowest BCUT2D eigenvalue weighted by Crippen LogP contribution is -1.90. The maximum Gasteiger partial charge on any atom is 0.224 e. The summed E-state index contributed by atoms with van der Waals surface area (Å²) in [6, 6.07) is 14.3. The van der Waals surface area contributed by atoms with Crippen molar-refractivity contribution in [1.29, 1.82) is 0 Å². The highest BCUT2D eigenvalue weighted by atomic mass is 35.5. The first-order valence-corrected chi connectivity index (χ1v) is 7.50. The van der Waals surface area contributed by atoms with Gasteiger partial charge in [0.1, 0.15) is 5.03 Å². The van der Waals surface area contributed by atoms with E-state index in [1.54, 1.807) is 11.8 Å². The molecule has 4 heteroatoms. The van der Waals surface area contributed by atoms with Gasteiger partial charge >= 0.3 is 0 Å². The third-order valence-corrected chi connectivity index (χ3v) is 4.43. The molecule has 2 aromatic carbocycles. The first kappa shape index (κ1) is 13.4. The van der Waals surface area contributed by atoms with E-state index in [2.05, 4.69) is 42.0 Å². The number of fused-ring (bicyclic) bond motifs is 1. The van der Waals surface area contributed by atoms with Gasteiger partial charge in [-0.3, -0.25) is 0 Å². The molecule has 2 nitrogen and oxygen atoms in total. The Kier molecular flexibility index (Phi) is 3.64. The highest BCUT2D eigenvalue weighted by molar-refractivity contribution is 7.99. The Morgan fingerprint density at radius 2 is 1.80 bits per heavy atom. The van der Waals surface area contributed by atoms with Crippen molar-refractivity contribution in [2.24, 2.45) is 0 Å². The number of hydrogen-bond acceptors (Lipinski definition) is 3. The zero-order chi connectivity index (χ0) is 14.1. The molecule has 100 valence electrons. The van der Waals surface area contributed by atoms with Gasteiger partial charge in [-0.25, -0.2) is 9.97 Å². The molecular weight excluding hydrogens is 288 g/mol. The van der Waals surface area contributed by atoms with E-state index in [0.29, 0.717) is 0 Å². The van der Waals surface area contributed by atoms with Gasteiger partial charge in [0.2, 0.25) is 5.28 Å². The van der Waals surface area contributed by atoms with Gasteiger partial charge in [0, 0.05) is 10.3 Å². The SMILES string of the molecule is Cc1ccc(Sc2nc(Cl)nc3ccccc23)c(C)c1.